The third kappa shape index (κ3) is 5.00. The van der Waals surface area contributed by atoms with Crippen LogP contribution in [-0.4, -0.2) is 37.7 Å². The third-order valence-corrected chi connectivity index (χ3v) is 14.8. The van der Waals surface area contributed by atoms with Crippen LogP contribution >= 0.6 is 0 Å². The van der Waals surface area contributed by atoms with Crippen LogP contribution in [0.3, 0.4) is 0 Å². The van der Waals surface area contributed by atoms with Crippen LogP contribution in [0.15, 0.2) is 12.2 Å². The first kappa shape index (κ1) is 32.5. The van der Waals surface area contributed by atoms with Crippen molar-refractivity contribution >= 4 is 17.9 Å². The molecule has 5 fully saturated rings. The van der Waals surface area contributed by atoms with Gasteiger partial charge in [-0.2, -0.15) is 0 Å². The molecule has 0 amide bonds. The number of hydrogen-bond acceptors (Lipinski definition) is 6. The van der Waals surface area contributed by atoms with E-state index < -0.39 is 0 Å². The van der Waals surface area contributed by atoms with E-state index in [-0.39, 0.29) is 63.9 Å². The van der Waals surface area contributed by atoms with E-state index in [1.54, 1.807) is 6.92 Å². The van der Waals surface area contributed by atoms with Gasteiger partial charge in [-0.15, -0.1) is 0 Å². The predicted molar refractivity (Wildman–Crippen MR) is 167 cm³/mol. The molecule has 43 heavy (non-hydrogen) atoms. The van der Waals surface area contributed by atoms with Gasteiger partial charge in [0.05, 0.1) is 26.6 Å². The highest BCUT2D eigenvalue weighted by Crippen LogP contribution is 2.77. The summed E-state index contributed by atoms with van der Waals surface area (Å²) >= 11 is 0. The van der Waals surface area contributed by atoms with E-state index in [1.165, 1.54) is 44.8 Å². The molecule has 0 unspecified atom stereocenters. The van der Waals surface area contributed by atoms with Gasteiger partial charge in [-0.25, -0.2) is 0 Å². The number of carbonyl (C=O) groups excluding carboxylic acids is 3. The Morgan fingerprint density at radius 1 is 0.767 bits per heavy atom. The standard InChI is InChI=1S/C37H58O6/c1-23(2)25-14-19-37(22-42-24(3)38)21-20-35(7)26(32(25)37)10-11-28-34(6)17-16-29(43-31(40)13-12-30(39)41-9)33(4,5)27(34)15-18-36(28,35)8/h25-29,32H,1,10-22H2,2-9H3/t25-,26+,27-,28+,29-,32+,34-,35+,36+,37+/m0/s1. The SMILES string of the molecule is C=C(C)[C@@H]1CC[C@]2(COC(C)=O)CC[C@]3(C)[C@H](CC[C@@H]4[C@@]5(C)CC[C@H](OC(=O)CCC(=O)OC)C(C)(C)[C@@H]5CC[C@]43C)[C@@H]12. The van der Waals surface area contributed by atoms with Gasteiger partial charge in [-0.1, -0.05) is 46.8 Å². The van der Waals surface area contributed by atoms with Gasteiger partial charge in [0.25, 0.3) is 0 Å². The Morgan fingerprint density at radius 2 is 1.47 bits per heavy atom. The molecule has 5 aliphatic rings. The van der Waals surface area contributed by atoms with Crippen molar-refractivity contribution in [3.8, 4) is 0 Å². The Morgan fingerprint density at radius 3 is 2.12 bits per heavy atom. The van der Waals surface area contributed by atoms with Crippen LogP contribution in [0.5, 0.6) is 0 Å². The summed E-state index contributed by atoms with van der Waals surface area (Å²) in [5.74, 6) is 1.94. The molecule has 10 atom stereocenters. The van der Waals surface area contributed by atoms with Crippen molar-refractivity contribution in [3.05, 3.63) is 12.2 Å². The molecule has 5 saturated carbocycles. The van der Waals surface area contributed by atoms with Crippen molar-refractivity contribution in [1.82, 2.24) is 0 Å². The lowest BCUT2D eigenvalue weighted by Crippen LogP contribution is -2.67. The summed E-state index contributed by atoms with van der Waals surface area (Å²) in [4.78, 5) is 36.3. The molecule has 0 N–H and O–H groups in total. The summed E-state index contributed by atoms with van der Waals surface area (Å²) in [5.41, 5.74) is 1.92. The van der Waals surface area contributed by atoms with Gasteiger partial charge in [0.1, 0.15) is 6.10 Å². The number of carbonyl (C=O) groups is 3. The Hall–Kier alpha value is -1.85. The summed E-state index contributed by atoms with van der Waals surface area (Å²) in [7, 11) is 1.35. The number of fused-ring (bicyclic) bond motifs is 7. The van der Waals surface area contributed by atoms with Crippen LogP contribution in [0.2, 0.25) is 0 Å². The maximum atomic E-state index is 12.7. The summed E-state index contributed by atoms with van der Waals surface area (Å²) in [6.45, 7) is 21.3. The first-order valence-electron chi connectivity index (χ1n) is 17.1. The fraction of sp³-hybridized carbons (Fsp3) is 0.865. The molecule has 0 aliphatic heterocycles. The van der Waals surface area contributed by atoms with Crippen molar-refractivity contribution in [2.45, 2.75) is 132 Å². The van der Waals surface area contributed by atoms with E-state index in [0.29, 0.717) is 36.2 Å². The van der Waals surface area contributed by atoms with Gasteiger partial charge < -0.3 is 14.2 Å². The average molecular weight is 599 g/mol. The molecule has 0 aromatic carbocycles. The zero-order valence-electron chi connectivity index (χ0n) is 28.3. The topological polar surface area (TPSA) is 78.9 Å². The van der Waals surface area contributed by atoms with E-state index in [4.69, 9.17) is 14.2 Å². The Kier molecular flexibility index (Phi) is 8.47. The molecule has 0 bridgehead atoms. The highest BCUT2D eigenvalue weighted by atomic mass is 16.5. The summed E-state index contributed by atoms with van der Waals surface area (Å²) in [5, 5.41) is 0. The van der Waals surface area contributed by atoms with Crippen molar-refractivity contribution in [2.75, 3.05) is 13.7 Å². The molecule has 0 saturated heterocycles. The van der Waals surface area contributed by atoms with Gasteiger partial charge in [0.2, 0.25) is 0 Å². The first-order valence-corrected chi connectivity index (χ1v) is 17.1. The van der Waals surface area contributed by atoms with E-state index >= 15 is 0 Å². The van der Waals surface area contributed by atoms with Crippen LogP contribution < -0.4 is 0 Å². The molecule has 0 heterocycles. The monoisotopic (exact) mass is 598 g/mol. The van der Waals surface area contributed by atoms with E-state index in [2.05, 4.69) is 48.1 Å². The zero-order valence-corrected chi connectivity index (χ0v) is 28.3. The molecule has 0 aromatic rings. The number of ether oxygens (including phenoxy) is 3. The minimum atomic E-state index is -0.374. The van der Waals surface area contributed by atoms with Crippen LogP contribution in [-0.2, 0) is 28.6 Å². The number of esters is 3. The highest BCUT2D eigenvalue weighted by Gasteiger charge is 2.71. The second-order valence-electron chi connectivity index (χ2n) is 16.7. The van der Waals surface area contributed by atoms with Crippen LogP contribution in [0.4, 0.5) is 0 Å². The summed E-state index contributed by atoms with van der Waals surface area (Å²) in [6, 6.07) is 0. The van der Waals surface area contributed by atoms with E-state index in [9.17, 15) is 14.4 Å². The Labute approximate surface area is 260 Å². The lowest BCUT2D eigenvalue weighted by Gasteiger charge is -2.73. The van der Waals surface area contributed by atoms with Crippen LogP contribution in [0.1, 0.15) is 126 Å². The fourth-order valence-corrected chi connectivity index (χ4v) is 12.5. The smallest absolute Gasteiger partial charge is 0.306 e. The molecular formula is C37H58O6. The summed E-state index contributed by atoms with van der Waals surface area (Å²) < 4.78 is 16.6. The largest absolute Gasteiger partial charge is 0.469 e. The van der Waals surface area contributed by atoms with Crippen molar-refractivity contribution < 1.29 is 28.6 Å². The molecule has 6 heteroatoms. The molecule has 0 aromatic heterocycles. The quantitative estimate of drug-likeness (QED) is 0.168. The highest BCUT2D eigenvalue weighted by molar-refractivity contribution is 5.77. The Bertz CT molecular complexity index is 1140. The van der Waals surface area contributed by atoms with Gasteiger partial charge in [0, 0.05) is 17.8 Å². The van der Waals surface area contributed by atoms with E-state index in [1.807, 2.05) is 0 Å². The maximum absolute atomic E-state index is 12.7. The normalized spacial score (nSPS) is 44.6. The van der Waals surface area contributed by atoms with Gasteiger partial charge in [-0.3, -0.25) is 14.4 Å². The first-order chi connectivity index (χ1) is 20.1. The minimum absolute atomic E-state index is 0.0686. The minimum Gasteiger partial charge on any atom is -0.469 e. The predicted octanol–water partition coefficient (Wildman–Crippen LogP) is 8.07. The van der Waals surface area contributed by atoms with Crippen LogP contribution in [0, 0.1) is 56.7 Å². The molecular weight excluding hydrogens is 540 g/mol. The number of allylic oxidation sites excluding steroid dienone is 1. The Balaban J connectivity index is 1.40. The number of hydrogen-bond donors (Lipinski definition) is 0. The fourth-order valence-electron chi connectivity index (χ4n) is 12.5. The molecule has 6 nitrogen and oxygen atoms in total. The molecule has 5 rings (SSSR count). The average Bonchev–Trinajstić information content (AvgIpc) is 3.33. The van der Waals surface area contributed by atoms with Gasteiger partial charge in [0.15, 0.2) is 0 Å². The maximum Gasteiger partial charge on any atom is 0.306 e. The second-order valence-corrected chi connectivity index (χ2v) is 16.7. The molecule has 0 spiro atoms. The van der Waals surface area contributed by atoms with Crippen molar-refractivity contribution in [1.29, 1.82) is 0 Å². The number of rotatable bonds is 7. The van der Waals surface area contributed by atoms with E-state index in [0.717, 1.165) is 32.1 Å². The number of methoxy groups -OCH3 is 1. The van der Waals surface area contributed by atoms with Gasteiger partial charge >= 0.3 is 17.9 Å². The molecule has 242 valence electrons. The zero-order chi connectivity index (χ0) is 31.6. The van der Waals surface area contributed by atoms with Crippen molar-refractivity contribution in [3.63, 3.8) is 0 Å². The lowest BCUT2D eigenvalue weighted by atomic mass is 9.32. The summed E-state index contributed by atoms with van der Waals surface area (Å²) in [6.07, 6.45) is 11.5. The van der Waals surface area contributed by atoms with Gasteiger partial charge in [-0.05, 0) is 117 Å². The van der Waals surface area contributed by atoms with Crippen molar-refractivity contribution in [2.24, 2.45) is 56.7 Å². The third-order valence-electron chi connectivity index (χ3n) is 14.8. The lowest BCUT2D eigenvalue weighted by molar-refractivity contribution is -0.252. The molecule has 5 aliphatic carbocycles. The second kappa shape index (κ2) is 11.2. The molecule has 0 radical (unpaired) electrons. The van der Waals surface area contributed by atoms with Crippen LogP contribution in [0.25, 0.3) is 0 Å².